The van der Waals surface area contributed by atoms with Gasteiger partial charge in [0.2, 0.25) is 0 Å². The Morgan fingerprint density at radius 1 is 0.417 bits per heavy atom. The third-order valence-electron chi connectivity index (χ3n) is 8.05. The smallest absolute Gasteiger partial charge is 0.282 e. The van der Waals surface area contributed by atoms with Crippen LogP contribution in [0, 0.1) is 0 Å². The number of unbranched alkanes of at least 4 members (excludes halogenated alkanes) is 20. The van der Waals surface area contributed by atoms with E-state index >= 15 is 0 Å². The summed E-state index contributed by atoms with van der Waals surface area (Å²) >= 11 is 0. The monoisotopic (exact) mass is 515 g/mol. The zero-order valence-electron chi connectivity index (χ0n) is 25.8. The molecule has 0 unspecified atom stereocenters. The van der Waals surface area contributed by atoms with Gasteiger partial charge in [-0.3, -0.25) is 0 Å². The molecule has 0 aromatic rings. The number of hydrogen-bond acceptors (Lipinski definition) is 3. The molecule has 0 saturated heterocycles. The molecule has 4 heteroatoms. The van der Waals surface area contributed by atoms with Crippen LogP contribution < -0.4 is 0 Å². The highest BCUT2D eigenvalue weighted by molar-refractivity contribution is 4.57. The minimum Gasteiger partial charge on any atom is -0.331 e. The summed E-state index contributed by atoms with van der Waals surface area (Å²) in [5.74, 6) is -0.847. The van der Waals surface area contributed by atoms with Gasteiger partial charge in [0.15, 0.2) is 0 Å². The predicted octanol–water partition coefficient (Wildman–Crippen LogP) is 9.65. The minimum atomic E-state index is -0.847. The van der Waals surface area contributed by atoms with Crippen LogP contribution in [0.15, 0.2) is 0 Å². The Bertz CT molecular complexity index is 429. The lowest BCUT2D eigenvalue weighted by atomic mass is 10.0. The van der Waals surface area contributed by atoms with Crippen molar-refractivity contribution in [2.75, 3.05) is 48.5 Å². The van der Waals surface area contributed by atoms with Crippen molar-refractivity contribution in [1.29, 1.82) is 0 Å². The van der Waals surface area contributed by atoms with Crippen molar-refractivity contribution in [3.05, 3.63) is 0 Å². The summed E-state index contributed by atoms with van der Waals surface area (Å²) in [5, 5.41) is 0. The molecular weight excluding hydrogens is 446 g/mol. The maximum Gasteiger partial charge on any atom is 0.282 e. The van der Waals surface area contributed by atoms with E-state index in [0.717, 1.165) is 12.8 Å². The Labute approximate surface area is 227 Å². The fourth-order valence-corrected chi connectivity index (χ4v) is 5.34. The number of nitrogens with zero attached hydrogens (tertiary/aromatic N) is 1. The zero-order chi connectivity index (χ0) is 26.8. The quantitative estimate of drug-likeness (QED) is 0.0565. The molecule has 0 aliphatic heterocycles. The summed E-state index contributed by atoms with van der Waals surface area (Å²) in [6.07, 6.45) is 31.5. The lowest BCUT2D eigenvalue weighted by Crippen LogP contribution is -2.41. The fraction of sp³-hybridized carbons (Fsp3) is 1.00. The molecule has 218 valence electrons. The zero-order valence-corrected chi connectivity index (χ0v) is 25.8. The molecule has 36 heavy (non-hydrogen) atoms. The summed E-state index contributed by atoms with van der Waals surface area (Å²) in [4.78, 5) is 0. The van der Waals surface area contributed by atoms with Gasteiger partial charge >= 0.3 is 0 Å². The van der Waals surface area contributed by atoms with Gasteiger partial charge in [-0.25, -0.2) is 0 Å². The van der Waals surface area contributed by atoms with Gasteiger partial charge < -0.3 is 18.7 Å². The van der Waals surface area contributed by atoms with Crippen LogP contribution >= 0.6 is 0 Å². The van der Waals surface area contributed by atoms with Gasteiger partial charge in [-0.15, -0.1) is 0 Å². The summed E-state index contributed by atoms with van der Waals surface area (Å²) in [7, 11) is 9.82. The molecular formula is C32H68NO3+. The first-order valence-corrected chi connectivity index (χ1v) is 15.9. The van der Waals surface area contributed by atoms with E-state index in [1.807, 2.05) is 0 Å². The molecule has 0 N–H and O–H groups in total. The van der Waals surface area contributed by atoms with Gasteiger partial charge in [-0.05, 0) is 32.1 Å². The average Bonchev–Trinajstić information content (AvgIpc) is 2.88. The highest BCUT2D eigenvalue weighted by atomic mass is 16.9. The Balaban J connectivity index is 3.42. The Morgan fingerprint density at radius 2 is 0.694 bits per heavy atom. The van der Waals surface area contributed by atoms with E-state index in [4.69, 9.17) is 14.2 Å². The normalized spacial score (nSPS) is 12.5. The summed E-state index contributed by atoms with van der Waals surface area (Å²) in [5.41, 5.74) is 0. The van der Waals surface area contributed by atoms with E-state index in [9.17, 15) is 0 Å². The van der Waals surface area contributed by atoms with Crippen molar-refractivity contribution in [2.45, 2.75) is 161 Å². The molecule has 0 amide bonds. The Morgan fingerprint density at radius 3 is 1.00 bits per heavy atom. The van der Waals surface area contributed by atoms with Crippen LogP contribution in [0.25, 0.3) is 0 Å². The van der Waals surface area contributed by atoms with Crippen LogP contribution in [0.3, 0.4) is 0 Å². The second-order valence-corrected chi connectivity index (χ2v) is 11.9. The van der Waals surface area contributed by atoms with Crippen molar-refractivity contribution in [3.8, 4) is 0 Å². The van der Waals surface area contributed by atoms with Gasteiger partial charge in [0.25, 0.3) is 5.97 Å². The number of ether oxygens (including phenoxy) is 3. The molecule has 0 bridgehead atoms. The molecule has 0 aromatic heterocycles. The first-order valence-electron chi connectivity index (χ1n) is 15.9. The van der Waals surface area contributed by atoms with Crippen molar-refractivity contribution >= 4 is 0 Å². The molecule has 0 heterocycles. The van der Waals surface area contributed by atoms with E-state index in [2.05, 4.69) is 21.0 Å². The van der Waals surface area contributed by atoms with Crippen molar-refractivity contribution in [3.63, 3.8) is 0 Å². The molecule has 0 fully saturated rings. The second kappa shape index (κ2) is 25.1. The third-order valence-corrected chi connectivity index (χ3v) is 8.05. The van der Waals surface area contributed by atoms with E-state index in [0.29, 0.717) is 0 Å². The van der Waals surface area contributed by atoms with Gasteiger partial charge in [0.05, 0.1) is 27.2 Å². The molecule has 0 atom stereocenters. The summed E-state index contributed by atoms with van der Waals surface area (Å²) < 4.78 is 17.3. The minimum absolute atomic E-state index is 0.796. The van der Waals surface area contributed by atoms with Crippen LogP contribution in [-0.4, -0.2) is 59.0 Å². The fourth-order valence-electron chi connectivity index (χ4n) is 5.34. The predicted molar refractivity (Wildman–Crippen MR) is 157 cm³/mol. The number of quaternary nitrogens is 1. The van der Waals surface area contributed by atoms with Gasteiger partial charge in [-0.2, -0.15) is 0 Å². The first-order chi connectivity index (χ1) is 17.4. The van der Waals surface area contributed by atoms with Crippen molar-refractivity contribution in [2.24, 2.45) is 0 Å². The largest absolute Gasteiger partial charge is 0.331 e. The lowest BCUT2D eigenvalue weighted by Gasteiger charge is -2.30. The van der Waals surface area contributed by atoms with E-state index < -0.39 is 5.97 Å². The lowest BCUT2D eigenvalue weighted by molar-refractivity contribution is -0.890. The molecule has 0 spiro atoms. The highest BCUT2D eigenvalue weighted by Gasteiger charge is 2.28. The molecule has 0 aliphatic carbocycles. The van der Waals surface area contributed by atoms with E-state index in [1.165, 1.54) is 152 Å². The number of methoxy groups -OCH3 is 3. The Hall–Kier alpha value is -0.160. The SMILES string of the molecule is CCCCCCCCCCCCCC[N+](C)(C)CCCCCCCCCCCCC(OC)(OC)OC. The van der Waals surface area contributed by atoms with Crippen LogP contribution in [0.4, 0.5) is 0 Å². The molecule has 0 saturated carbocycles. The van der Waals surface area contributed by atoms with Crippen LogP contribution in [-0.2, 0) is 14.2 Å². The van der Waals surface area contributed by atoms with E-state index in [-0.39, 0.29) is 0 Å². The highest BCUT2D eigenvalue weighted by Crippen LogP contribution is 2.21. The third kappa shape index (κ3) is 21.9. The van der Waals surface area contributed by atoms with Crippen molar-refractivity contribution < 1.29 is 18.7 Å². The molecule has 0 radical (unpaired) electrons. The van der Waals surface area contributed by atoms with Crippen LogP contribution in [0.1, 0.15) is 155 Å². The van der Waals surface area contributed by atoms with Crippen LogP contribution in [0.2, 0.25) is 0 Å². The Kier molecular flexibility index (Phi) is 25.0. The van der Waals surface area contributed by atoms with Gasteiger partial charge in [0, 0.05) is 27.8 Å². The average molecular weight is 515 g/mol. The number of rotatable bonds is 29. The molecule has 4 nitrogen and oxygen atoms in total. The number of hydrogen-bond donors (Lipinski definition) is 0. The summed E-state index contributed by atoms with van der Waals surface area (Å²) in [6, 6.07) is 0. The standard InChI is InChI=1S/C32H68NO3/c1-7-8-9-10-11-12-13-15-18-21-24-27-30-33(2,3)31-28-25-22-19-16-14-17-20-23-26-29-32(34-4,35-5)36-6/h7-31H2,1-6H3/q+1. The van der Waals surface area contributed by atoms with E-state index in [1.54, 1.807) is 21.3 Å². The maximum absolute atomic E-state index is 5.36. The molecule has 0 aromatic carbocycles. The topological polar surface area (TPSA) is 27.7 Å². The molecule has 0 rings (SSSR count). The van der Waals surface area contributed by atoms with Gasteiger partial charge in [0.1, 0.15) is 0 Å². The first kappa shape index (κ1) is 35.8. The molecule has 0 aliphatic rings. The van der Waals surface area contributed by atoms with Crippen molar-refractivity contribution in [1.82, 2.24) is 0 Å². The van der Waals surface area contributed by atoms with Crippen LogP contribution in [0.5, 0.6) is 0 Å². The summed E-state index contributed by atoms with van der Waals surface area (Å²) in [6.45, 7) is 5.01. The second-order valence-electron chi connectivity index (χ2n) is 11.9. The maximum atomic E-state index is 5.36. The van der Waals surface area contributed by atoms with Gasteiger partial charge in [-0.1, -0.05) is 116 Å².